The number of aromatic nitrogens is 3. The van der Waals surface area contributed by atoms with Gasteiger partial charge in [-0.25, -0.2) is 8.42 Å². The van der Waals surface area contributed by atoms with E-state index in [9.17, 15) is 13.2 Å². The zero-order valence-electron chi connectivity index (χ0n) is 15.2. The number of rotatable bonds is 8. The lowest BCUT2D eigenvalue weighted by atomic mass is 10.1. The SMILES string of the molecule is C=CCN(C(=O)c1cn(CCCc2ccccc2)nn1)[C@H]1CCS(=O)(=O)C1. The molecule has 27 heavy (non-hydrogen) atoms. The molecule has 1 aromatic carbocycles. The van der Waals surface area contributed by atoms with Crippen LogP contribution in [0.25, 0.3) is 0 Å². The van der Waals surface area contributed by atoms with Crippen molar-refractivity contribution in [3.8, 4) is 0 Å². The largest absolute Gasteiger partial charge is 0.329 e. The highest BCUT2D eigenvalue weighted by Crippen LogP contribution is 2.19. The summed E-state index contributed by atoms with van der Waals surface area (Å²) >= 11 is 0. The minimum atomic E-state index is -3.08. The normalized spacial score (nSPS) is 18.3. The van der Waals surface area contributed by atoms with Crippen molar-refractivity contribution in [3.05, 3.63) is 60.4 Å². The fourth-order valence-electron chi connectivity index (χ4n) is 3.30. The Morgan fingerprint density at radius 1 is 1.33 bits per heavy atom. The zero-order valence-corrected chi connectivity index (χ0v) is 16.0. The Hall–Kier alpha value is -2.48. The van der Waals surface area contributed by atoms with Gasteiger partial charge in [0, 0.05) is 19.1 Å². The van der Waals surface area contributed by atoms with Crippen LogP contribution in [0.4, 0.5) is 0 Å². The molecule has 2 aromatic rings. The van der Waals surface area contributed by atoms with Crippen LogP contribution in [0.2, 0.25) is 0 Å². The number of benzene rings is 1. The van der Waals surface area contributed by atoms with Gasteiger partial charge in [-0.3, -0.25) is 9.48 Å². The molecule has 1 aliphatic heterocycles. The van der Waals surface area contributed by atoms with E-state index in [2.05, 4.69) is 29.0 Å². The van der Waals surface area contributed by atoms with Gasteiger partial charge in [-0.05, 0) is 24.8 Å². The summed E-state index contributed by atoms with van der Waals surface area (Å²) in [5, 5.41) is 8.03. The van der Waals surface area contributed by atoms with Gasteiger partial charge in [-0.2, -0.15) is 0 Å². The third-order valence-corrected chi connectivity index (χ3v) is 6.44. The van der Waals surface area contributed by atoms with Gasteiger partial charge in [0.25, 0.3) is 5.91 Å². The van der Waals surface area contributed by atoms with E-state index >= 15 is 0 Å². The molecule has 1 fully saturated rings. The number of carbonyl (C=O) groups excluding carboxylic acids is 1. The number of amides is 1. The third-order valence-electron chi connectivity index (χ3n) is 4.69. The lowest BCUT2D eigenvalue weighted by molar-refractivity contribution is 0.0714. The summed E-state index contributed by atoms with van der Waals surface area (Å²) in [5.74, 6) is -0.186. The van der Waals surface area contributed by atoms with Crippen molar-refractivity contribution in [3.63, 3.8) is 0 Å². The number of nitrogens with zero attached hydrogens (tertiary/aromatic N) is 4. The van der Waals surface area contributed by atoms with E-state index in [1.165, 1.54) is 10.5 Å². The second kappa shape index (κ2) is 8.47. The summed E-state index contributed by atoms with van der Waals surface area (Å²) < 4.78 is 25.2. The molecule has 2 heterocycles. The maximum atomic E-state index is 12.8. The average molecular weight is 388 g/mol. The van der Waals surface area contributed by atoms with Crippen molar-refractivity contribution in [2.75, 3.05) is 18.1 Å². The summed E-state index contributed by atoms with van der Waals surface area (Å²) in [5.41, 5.74) is 1.49. The van der Waals surface area contributed by atoms with Crippen molar-refractivity contribution in [2.24, 2.45) is 0 Å². The summed E-state index contributed by atoms with van der Waals surface area (Å²) in [6.07, 6.45) is 5.50. The molecule has 7 nitrogen and oxygen atoms in total. The van der Waals surface area contributed by atoms with Crippen LogP contribution >= 0.6 is 0 Å². The molecular weight excluding hydrogens is 364 g/mol. The lowest BCUT2D eigenvalue weighted by Crippen LogP contribution is -2.41. The van der Waals surface area contributed by atoms with Gasteiger partial charge in [0.05, 0.1) is 17.7 Å². The molecule has 8 heteroatoms. The molecule has 1 atom stereocenters. The van der Waals surface area contributed by atoms with Gasteiger partial charge in [-0.15, -0.1) is 11.7 Å². The monoisotopic (exact) mass is 388 g/mol. The second-order valence-corrected chi connectivity index (χ2v) is 8.99. The van der Waals surface area contributed by atoms with E-state index in [1.807, 2.05) is 18.2 Å². The van der Waals surface area contributed by atoms with Gasteiger partial charge >= 0.3 is 0 Å². The maximum Gasteiger partial charge on any atom is 0.276 e. The topological polar surface area (TPSA) is 85.2 Å². The van der Waals surface area contributed by atoms with Crippen molar-refractivity contribution in [1.29, 1.82) is 0 Å². The molecule has 0 aliphatic carbocycles. The van der Waals surface area contributed by atoms with Crippen molar-refractivity contribution in [2.45, 2.75) is 31.8 Å². The Morgan fingerprint density at radius 2 is 2.11 bits per heavy atom. The first-order valence-electron chi connectivity index (χ1n) is 9.05. The molecule has 1 saturated heterocycles. The minimum Gasteiger partial charge on any atom is -0.329 e. The Bertz CT molecular complexity index is 893. The predicted octanol–water partition coefficient (Wildman–Crippen LogP) is 1.73. The van der Waals surface area contributed by atoms with Crippen molar-refractivity contribution >= 4 is 15.7 Å². The van der Waals surface area contributed by atoms with Crippen LogP contribution < -0.4 is 0 Å². The standard InChI is InChI=1S/C19H24N4O3S/c1-2-11-23(17-10-13-27(25,26)15-17)19(24)18-14-22(21-20-18)12-6-9-16-7-4-3-5-8-16/h2-5,7-8,14,17H,1,6,9-13,15H2/t17-/m0/s1. The number of hydrogen-bond acceptors (Lipinski definition) is 5. The van der Waals surface area contributed by atoms with E-state index < -0.39 is 9.84 Å². The van der Waals surface area contributed by atoms with Gasteiger partial charge < -0.3 is 4.90 Å². The van der Waals surface area contributed by atoms with Crippen molar-refractivity contribution in [1.82, 2.24) is 19.9 Å². The van der Waals surface area contributed by atoms with E-state index in [-0.39, 0.29) is 29.1 Å². The smallest absolute Gasteiger partial charge is 0.276 e. The number of sulfone groups is 1. The molecule has 1 amide bonds. The van der Waals surface area contributed by atoms with Crippen LogP contribution in [-0.2, 0) is 22.8 Å². The van der Waals surface area contributed by atoms with Gasteiger partial charge in [0.2, 0.25) is 0 Å². The summed E-state index contributed by atoms with van der Waals surface area (Å²) in [4.78, 5) is 14.3. The zero-order chi connectivity index (χ0) is 19.3. The molecule has 0 unspecified atom stereocenters. The molecule has 0 saturated carbocycles. The number of carbonyl (C=O) groups is 1. The van der Waals surface area contributed by atoms with Crippen LogP contribution in [0.1, 0.15) is 28.9 Å². The highest BCUT2D eigenvalue weighted by molar-refractivity contribution is 7.91. The fraction of sp³-hybridized carbons (Fsp3) is 0.421. The number of hydrogen-bond donors (Lipinski definition) is 0. The van der Waals surface area contributed by atoms with Crippen LogP contribution in [0.15, 0.2) is 49.2 Å². The summed E-state index contributed by atoms with van der Waals surface area (Å²) in [7, 11) is -3.08. The Labute approximate surface area is 159 Å². The van der Waals surface area contributed by atoms with Gasteiger partial charge in [0.1, 0.15) is 0 Å². The molecule has 0 radical (unpaired) electrons. The van der Waals surface area contributed by atoms with E-state index in [4.69, 9.17) is 0 Å². The van der Waals surface area contributed by atoms with Crippen molar-refractivity contribution < 1.29 is 13.2 Å². The predicted molar refractivity (Wildman–Crippen MR) is 103 cm³/mol. The Kier molecular flexibility index (Phi) is 6.05. The van der Waals surface area contributed by atoms with E-state index in [0.717, 1.165) is 12.8 Å². The first-order chi connectivity index (χ1) is 13.0. The lowest BCUT2D eigenvalue weighted by Gasteiger charge is -2.25. The van der Waals surface area contributed by atoms with E-state index in [1.54, 1.807) is 17.0 Å². The molecular formula is C19H24N4O3S. The maximum absolute atomic E-state index is 12.8. The van der Waals surface area contributed by atoms with Gasteiger partial charge in [-0.1, -0.05) is 41.6 Å². The molecule has 0 N–H and O–H groups in total. The third kappa shape index (κ3) is 5.03. The Morgan fingerprint density at radius 3 is 2.78 bits per heavy atom. The summed E-state index contributed by atoms with van der Waals surface area (Å²) in [6, 6.07) is 9.85. The molecule has 3 rings (SSSR count). The van der Waals surface area contributed by atoms with Crippen LogP contribution in [0.5, 0.6) is 0 Å². The second-order valence-electron chi connectivity index (χ2n) is 6.76. The highest BCUT2D eigenvalue weighted by atomic mass is 32.2. The van der Waals surface area contributed by atoms with Crippen LogP contribution in [0, 0.1) is 0 Å². The highest BCUT2D eigenvalue weighted by Gasteiger charge is 2.35. The van der Waals surface area contributed by atoms with Crippen LogP contribution in [-0.4, -0.2) is 58.3 Å². The average Bonchev–Trinajstić information content (AvgIpc) is 3.26. The first kappa shape index (κ1) is 19.3. The molecule has 1 aliphatic rings. The van der Waals surface area contributed by atoms with E-state index in [0.29, 0.717) is 19.5 Å². The first-order valence-corrected chi connectivity index (χ1v) is 10.9. The van der Waals surface area contributed by atoms with Gasteiger partial charge in [0.15, 0.2) is 15.5 Å². The molecule has 144 valence electrons. The summed E-state index contributed by atoms with van der Waals surface area (Å²) in [6.45, 7) is 4.63. The fourth-order valence-corrected chi connectivity index (χ4v) is 5.03. The Balaban J connectivity index is 1.61. The molecule has 1 aromatic heterocycles. The number of aryl methyl sites for hydroxylation is 2. The molecule has 0 spiro atoms. The van der Waals surface area contributed by atoms with Crippen LogP contribution in [0.3, 0.4) is 0 Å². The molecule has 0 bridgehead atoms. The quantitative estimate of drug-likeness (QED) is 0.643. The minimum absolute atomic E-state index is 0.00219.